The molecule has 0 saturated carbocycles. The fraction of sp³-hybridized carbons (Fsp3) is 0.600. The topological polar surface area (TPSA) is 3.24 Å². The van der Waals surface area contributed by atoms with Crippen molar-refractivity contribution in [3.05, 3.63) is 24.3 Å². The lowest BCUT2D eigenvalue weighted by molar-refractivity contribution is 0.200. The number of likely N-dealkylation sites (N-methyl/N-ethyl adjacent to an activating group) is 1. The van der Waals surface area contributed by atoms with Crippen LogP contribution in [0.3, 0.4) is 0 Å². The minimum absolute atomic E-state index is 0.464. The molecule has 0 N–H and O–H groups in total. The second-order valence-electron chi connectivity index (χ2n) is 3.52. The van der Waals surface area contributed by atoms with Crippen LogP contribution in [0, 0.1) is 0 Å². The van der Waals surface area contributed by atoms with Crippen LogP contribution in [0.4, 0.5) is 0 Å². The Morgan fingerprint density at radius 2 is 1.91 bits per heavy atom. The van der Waals surface area contributed by atoms with Crippen LogP contribution in [-0.4, -0.2) is 24.0 Å². The molecule has 1 aliphatic rings. The third-order valence-corrected chi connectivity index (χ3v) is 2.81. The zero-order valence-corrected chi connectivity index (χ0v) is 7.72. The Morgan fingerprint density at radius 1 is 1.36 bits per heavy atom. The molecule has 0 aliphatic carbocycles. The highest BCUT2D eigenvalue weighted by atomic mass is 15.2. The minimum atomic E-state index is 0.464. The van der Waals surface area contributed by atoms with E-state index in [2.05, 4.69) is 39.0 Å². The summed E-state index contributed by atoms with van der Waals surface area (Å²) >= 11 is 0. The summed E-state index contributed by atoms with van der Waals surface area (Å²) in [6, 6.07) is 1.08. The molecule has 1 nitrogen and oxygen atoms in total. The van der Waals surface area contributed by atoms with Crippen molar-refractivity contribution < 1.29 is 0 Å². The molecular formula is C10H17N. The number of rotatable bonds is 0. The molecular weight excluding hydrogens is 134 g/mol. The molecule has 11 heavy (non-hydrogen) atoms. The van der Waals surface area contributed by atoms with Gasteiger partial charge < -0.3 is 0 Å². The van der Waals surface area contributed by atoms with Crippen LogP contribution in [0.1, 0.15) is 20.3 Å². The predicted octanol–water partition coefficient (Wildman–Crippen LogP) is 2.21. The molecule has 1 heteroatoms. The molecule has 2 unspecified atom stereocenters. The second kappa shape index (κ2) is 2.82. The van der Waals surface area contributed by atoms with E-state index in [1.165, 1.54) is 11.1 Å². The second-order valence-corrected chi connectivity index (χ2v) is 3.52. The van der Waals surface area contributed by atoms with E-state index in [4.69, 9.17) is 0 Å². The van der Waals surface area contributed by atoms with E-state index in [0.717, 1.165) is 6.42 Å². The molecule has 62 valence electrons. The molecule has 0 bridgehead atoms. The first-order valence-corrected chi connectivity index (χ1v) is 4.13. The van der Waals surface area contributed by atoms with Gasteiger partial charge in [-0.15, -0.1) is 0 Å². The quantitative estimate of drug-likeness (QED) is 0.513. The number of likely N-dealkylation sites (tertiary alicyclic amines) is 1. The minimum Gasteiger partial charge on any atom is -0.297 e. The fourth-order valence-electron chi connectivity index (χ4n) is 1.55. The summed E-state index contributed by atoms with van der Waals surface area (Å²) in [5.41, 5.74) is 2.42. The van der Waals surface area contributed by atoms with Crippen molar-refractivity contribution in [1.29, 1.82) is 0 Å². The van der Waals surface area contributed by atoms with Gasteiger partial charge in [0, 0.05) is 12.1 Å². The Hall–Kier alpha value is -0.560. The molecule has 1 aliphatic heterocycles. The Morgan fingerprint density at radius 3 is 2.45 bits per heavy atom. The van der Waals surface area contributed by atoms with Gasteiger partial charge in [0.1, 0.15) is 0 Å². The predicted molar refractivity (Wildman–Crippen MR) is 49.6 cm³/mol. The molecule has 1 heterocycles. The van der Waals surface area contributed by atoms with Gasteiger partial charge in [0.15, 0.2) is 0 Å². The Balaban J connectivity index is 2.78. The lowest BCUT2D eigenvalue weighted by atomic mass is 9.90. The molecule has 0 aromatic rings. The molecule has 0 aromatic carbocycles. The summed E-state index contributed by atoms with van der Waals surface area (Å²) in [6.07, 6.45) is 1.07. The molecule has 1 rings (SSSR count). The smallest absolute Gasteiger partial charge is 0.0316 e. The fourth-order valence-corrected chi connectivity index (χ4v) is 1.55. The summed E-state index contributed by atoms with van der Waals surface area (Å²) < 4.78 is 0. The van der Waals surface area contributed by atoms with Gasteiger partial charge in [-0.25, -0.2) is 0 Å². The number of hydrogen-bond donors (Lipinski definition) is 0. The highest BCUT2D eigenvalue weighted by Gasteiger charge is 2.25. The highest BCUT2D eigenvalue weighted by Crippen LogP contribution is 2.27. The van der Waals surface area contributed by atoms with E-state index in [1.807, 2.05) is 0 Å². The van der Waals surface area contributed by atoms with Crippen LogP contribution in [0.15, 0.2) is 24.3 Å². The first kappa shape index (κ1) is 8.54. The van der Waals surface area contributed by atoms with E-state index in [9.17, 15) is 0 Å². The summed E-state index contributed by atoms with van der Waals surface area (Å²) in [4.78, 5) is 2.34. The van der Waals surface area contributed by atoms with E-state index in [-0.39, 0.29) is 0 Å². The maximum absolute atomic E-state index is 4.02. The maximum atomic E-state index is 4.02. The van der Waals surface area contributed by atoms with Gasteiger partial charge in [-0.3, -0.25) is 4.90 Å². The molecule has 1 saturated heterocycles. The van der Waals surface area contributed by atoms with Crippen LogP contribution < -0.4 is 0 Å². The summed E-state index contributed by atoms with van der Waals surface area (Å²) in [5.74, 6) is 0. The molecule has 0 aromatic heterocycles. The monoisotopic (exact) mass is 151 g/mol. The maximum Gasteiger partial charge on any atom is 0.0316 e. The molecule has 0 spiro atoms. The Bertz CT molecular complexity index is 193. The largest absolute Gasteiger partial charge is 0.297 e. The summed E-state index contributed by atoms with van der Waals surface area (Å²) in [5, 5.41) is 0. The number of hydrogen-bond acceptors (Lipinski definition) is 1. The van der Waals surface area contributed by atoms with Gasteiger partial charge in [-0.1, -0.05) is 13.2 Å². The standard InChI is InChI=1S/C10H17N/c1-7-6-8(2)11(5)10(4)9(7)3/h8,10H,1,3,6H2,2,4-5H3. The van der Waals surface area contributed by atoms with Crippen molar-refractivity contribution in [3.63, 3.8) is 0 Å². The van der Waals surface area contributed by atoms with E-state index >= 15 is 0 Å². The van der Waals surface area contributed by atoms with Crippen molar-refractivity contribution in [3.8, 4) is 0 Å². The van der Waals surface area contributed by atoms with Gasteiger partial charge in [0.05, 0.1) is 0 Å². The summed E-state index contributed by atoms with van der Waals surface area (Å²) in [7, 11) is 2.15. The average Bonchev–Trinajstić information content (AvgIpc) is 1.97. The van der Waals surface area contributed by atoms with Crippen LogP contribution in [0.25, 0.3) is 0 Å². The Kier molecular flexibility index (Phi) is 2.19. The van der Waals surface area contributed by atoms with Crippen LogP contribution in [-0.2, 0) is 0 Å². The van der Waals surface area contributed by atoms with Crippen LogP contribution in [0.5, 0.6) is 0 Å². The highest BCUT2D eigenvalue weighted by molar-refractivity contribution is 5.33. The SMILES string of the molecule is C=C1CC(C)N(C)C(C)C1=C. The molecule has 1 fully saturated rings. The molecule has 0 amide bonds. The van der Waals surface area contributed by atoms with Crippen molar-refractivity contribution in [2.24, 2.45) is 0 Å². The third-order valence-electron chi connectivity index (χ3n) is 2.81. The van der Waals surface area contributed by atoms with Crippen LogP contribution >= 0.6 is 0 Å². The van der Waals surface area contributed by atoms with Gasteiger partial charge in [-0.2, -0.15) is 0 Å². The molecule has 2 atom stereocenters. The van der Waals surface area contributed by atoms with Crippen molar-refractivity contribution in [2.75, 3.05) is 7.05 Å². The zero-order valence-electron chi connectivity index (χ0n) is 7.72. The van der Waals surface area contributed by atoms with Gasteiger partial charge in [0.25, 0.3) is 0 Å². The van der Waals surface area contributed by atoms with E-state index in [0.29, 0.717) is 12.1 Å². The Labute approximate surface area is 69.4 Å². The lowest BCUT2D eigenvalue weighted by Gasteiger charge is -2.38. The van der Waals surface area contributed by atoms with Gasteiger partial charge in [0.2, 0.25) is 0 Å². The third kappa shape index (κ3) is 1.38. The van der Waals surface area contributed by atoms with Crippen molar-refractivity contribution in [1.82, 2.24) is 4.90 Å². The van der Waals surface area contributed by atoms with Crippen LogP contribution in [0.2, 0.25) is 0 Å². The first-order chi connectivity index (χ1) is 5.04. The van der Waals surface area contributed by atoms with E-state index < -0.39 is 0 Å². The number of piperidine rings is 1. The van der Waals surface area contributed by atoms with Gasteiger partial charge in [-0.05, 0) is 38.5 Å². The first-order valence-electron chi connectivity index (χ1n) is 4.13. The molecule has 0 radical (unpaired) electrons. The normalized spacial score (nSPS) is 34.5. The zero-order chi connectivity index (χ0) is 8.59. The number of nitrogens with zero attached hydrogens (tertiary/aromatic N) is 1. The van der Waals surface area contributed by atoms with Crippen molar-refractivity contribution >= 4 is 0 Å². The van der Waals surface area contributed by atoms with E-state index in [1.54, 1.807) is 0 Å². The van der Waals surface area contributed by atoms with Crippen molar-refractivity contribution in [2.45, 2.75) is 32.4 Å². The lowest BCUT2D eigenvalue weighted by Crippen LogP contribution is -2.42. The summed E-state index contributed by atoms with van der Waals surface area (Å²) in [6.45, 7) is 12.4. The van der Waals surface area contributed by atoms with Gasteiger partial charge >= 0.3 is 0 Å². The average molecular weight is 151 g/mol.